The fraction of sp³-hybridized carbons (Fsp3) is 0.875. The highest BCUT2D eigenvalue weighted by Crippen LogP contribution is 2.23. The van der Waals surface area contributed by atoms with Crippen LogP contribution in [0.5, 0.6) is 0 Å². The highest BCUT2D eigenvalue weighted by Gasteiger charge is 2.47. The minimum atomic E-state index is -1.09. The monoisotopic (exact) mass is 218 g/mol. The molecule has 2 fully saturated rings. The first kappa shape index (κ1) is 10.6. The lowest BCUT2D eigenvalue weighted by Crippen LogP contribution is -2.68. The molecule has 0 bridgehead atoms. The van der Waals surface area contributed by atoms with Gasteiger partial charge in [-0.3, -0.25) is 0 Å². The number of ether oxygens (including phenoxy) is 2. The Bertz CT molecular complexity index is 259. The minimum Gasteiger partial charge on any atom is -0.447 e. The largest absolute Gasteiger partial charge is 0.447 e. The fourth-order valence-corrected chi connectivity index (χ4v) is 1.89. The van der Waals surface area contributed by atoms with Gasteiger partial charge in [-0.25, -0.2) is 4.79 Å². The normalized spacial score (nSPS) is 45.3. The average molecular weight is 218 g/mol. The van der Waals surface area contributed by atoms with Crippen molar-refractivity contribution in [3.05, 3.63) is 0 Å². The molecule has 1 amide bonds. The van der Waals surface area contributed by atoms with Crippen molar-refractivity contribution >= 4 is 6.09 Å². The molecule has 2 aliphatic heterocycles. The van der Waals surface area contributed by atoms with Gasteiger partial charge in [0.05, 0.1) is 12.1 Å². The molecule has 7 nitrogen and oxygen atoms in total. The molecule has 0 saturated carbocycles. The molecule has 0 radical (unpaired) electrons. The van der Waals surface area contributed by atoms with E-state index < -0.39 is 36.6 Å². The zero-order valence-electron chi connectivity index (χ0n) is 8.00. The van der Waals surface area contributed by atoms with E-state index in [9.17, 15) is 15.0 Å². The number of cyclic esters (lactones) is 1. The summed E-state index contributed by atoms with van der Waals surface area (Å²) in [5, 5.41) is 21.8. The van der Waals surface area contributed by atoms with Crippen molar-refractivity contribution in [1.82, 2.24) is 5.32 Å². The average Bonchev–Trinajstić information content (AvgIpc) is 2.24. The van der Waals surface area contributed by atoms with E-state index in [1.54, 1.807) is 0 Å². The van der Waals surface area contributed by atoms with E-state index in [2.05, 4.69) is 5.32 Å². The lowest BCUT2D eigenvalue weighted by atomic mass is 9.92. The highest BCUT2D eigenvalue weighted by molar-refractivity contribution is 5.68. The molecule has 0 aromatic heterocycles. The van der Waals surface area contributed by atoms with Gasteiger partial charge in [0, 0.05) is 6.54 Å². The van der Waals surface area contributed by atoms with Gasteiger partial charge >= 0.3 is 6.09 Å². The minimum absolute atomic E-state index is 0.0663. The molecule has 2 aliphatic rings. The van der Waals surface area contributed by atoms with Crippen molar-refractivity contribution in [3.8, 4) is 0 Å². The molecule has 0 unspecified atom stereocenters. The third kappa shape index (κ3) is 1.78. The summed E-state index contributed by atoms with van der Waals surface area (Å²) in [7, 11) is 0. The molecule has 0 aromatic rings. The molecule has 86 valence electrons. The van der Waals surface area contributed by atoms with E-state index in [4.69, 9.17) is 15.2 Å². The Kier molecular flexibility index (Phi) is 2.79. The molecule has 5 N–H and O–H groups in total. The van der Waals surface area contributed by atoms with Crippen LogP contribution in [-0.2, 0) is 9.47 Å². The standard InChI is InChI=1S/C8H14N2O5/c9-1-3-6(11)7(12)5-4(15-3)2-14-8(13)10-5/h3-7,11-12H,1-2,9H2,(H,10,13)/t3-,4+,5-,6+,7-/m1/s1. The van der Waals surface area contributed by atoms with E-state index in [1.807, 2.05) is 0 Å². The number of alkyl carbamates (subject to hydrolysis) is 1. The predicted molar refractivity (Wildman–Crippen MR) is 48.0 cm³/mol. The number of hydrogen-bond acceptors (Lipinski definition) is 6. The summed E-state index contributed by atoms with van der Waals surface area (Å²) in [4.78, 5) is 10.9. The SMILES string of the molecule is NC[C@H]1O[C@H]2COC(=O)N[C@H]2[C@@H](O)[C@H]1O. The second kappa shape index (κ2) is 3.93. The Morgan fingerprint density at radius 3 is 2.87 bits per heavy atom. The predicted octanol–water partition coefficient (Wildman–Crippen LogP) is -2.46. The quantitative estimate of drug-likeness (QED) is 0.388. The number of nitrogens with one attached hydrogen (secondary N) is 1. The van der Waals surface area contributed by atoms with Crippen LogP contribution in [0, 0.1) is 0 Å². The van der Waals surface area contributed by atoms with Crippen molar-refractivity contribution < 1.29 is 24.5 Å². The summed E-state index contributed by atoms with van der Waals surface area (Å²) in [6.07, 6.45) is -3.87. The number of aliphatic hydroxyl groups excluding tert-OH is 2. The van der Waals surface area contributed by atoms with E-state index in [1.165, 1.54) is 0 Å². The zero-order chi connectivity index (χ0) is 11.0. The van der Waals surface area contributed by atoms with Gasteiger partial charge in [0.1, 0.15) is 24.9 Å². The van der Waals surface area contributed by atoms with E-state index in [-0.39, 0.29) is 13.2 Å². The molecule has 0 aromatic carbocycles. The van der Waals surface area contributed by atoms with Crippen LogP contribution < -0.4 is 11.1 Å². The summed E-state index contributed by atoms with van der Waals surface area (Å²) < 4.78 is 10.1. The van der Waals surface area contributed by atoms with Crippen LogP contribution in [0.3, 0.4) is 0 Å². The molecular formula is C8H14N2O5. The summed E-state index contributed by atoms with van der Waals surface area (Å²) in [6.45, 7) is 0.173. The first-order valence-corrected chi connectivity index (χ1v) is 4.78. The first-order valence-electron chi connectivity index (χ1n) is 4.78. The molecule has 2 rings (SSSR count). The number of carbonyl (C=O) groups excluding carboxylic acids is 1. The molecule has 2 heterocycles. The van der Waals surface area contributed by atoms with Crippen molar-refractivity contribution in [2.24, 2.45) is 5.73 Å². The van der Waals surface area contributed by atoms with Crippen molar-refractivity contribution in [2.45, 2.75) is 30.5 Å². The Balaban J connectivity index is 2.11. The third-order valence-corrected chi connectivity index (χ3v) is 2.74. The van der Waals surface area contributed by atoms with Gasteiger partial charge in [0.2, 0.25) is 0 Å². The van der Waals surface area contributed by atoms with Gasteiger partial charge in [0.15, 0.2) is 0 Å². The second-order valence-corrected chi connectivity index (χ2v) is 3.70. The number of amides is 1. The molecular weight excluding hydrogens is 204 g/mol. The number of carbonyl (C=O) groups is 1. The fourth-order valence-electron chi connectivity index (χ4n) is 1.89. The Morgan fingerprint density at radius 2 is 2.20 bits per heavy atom. The maximum atomic E-state index is 10.9. The van der Waals surface area contributed by atoms with Gasteiger partial charge in [0.25, 0.3) is 0 Å². The van der Waals surface area contributed by atoms with Gasteiger partial charge in [-0.15, -0.1) is 0 Å². The van der Waals surface area contributed by atoms with Crippen LogP contribution in [0.2, 0.25) is 0 Å². The lowest BCUT2D eigenvalue weighted by Gasteiger charge is -2.44. The summed E-state index contributed by atoms with van der Waals surface area (Å²) in [6, 6.07) is -0.635. The first-order chi connectivity index (χ1) is 7.13. The molecule has 15 heavy (non-hydrogen) atoms. The van der Waals surface area contributed by atoms with Crippen LogP contribution in [0.15, 0.2) is 0 Å². The van der Waals surface area contributed by atoms with Gasteiger partial charge in [-0.1, -0.05) is 0 Å². The van der Waals surface area contributed by atoms with Gasteiger partial charge < -0.3 is 30.7 Å². The molecule has 7 heteroatoms. The van der Waals surface area contributed by atoms with Gasteiger partial charge in [-0.2, -0.15) is 0 Å². The van der Waals surface area contributed by atoms with Gasteiger partial charge in [-0.05, 0) is 0 Å². The number of fused-ring (bicyclic) bond motifs is 1. The Labute approximate surface area is 86.1 Å². The number of rotatable bonds is 1. The topological polar surface area (TPSA) is 114 Å². The maximum Gasteiger partial charge on any atom is 0.407 e. The van der Waals surface area contributed by atoms with E-state index >= 15 is 0 Å². The van der Waals surface area contributed by atoms with Crippen LogP contribution in [-0.4, -0.2) is 59.9 Å². The van der Waals surface area contributed by atoms with Crippen molar-refractivity contribution in [3.63, 3.8) is 0 Å². The van der Waals surface area contributed by atoms with Crippen molar-refractivity contribution in [1.29, 1.82) is 0 Å². The molecule has 0 spiro atoms. The van der Waals surface area contributed by atoms with E-state index in [0.717, 1.165) is 0 Å². The Hall–Kier alpha value is -0.890. The Morgan fingerprint density at radius 1 is 1.47 bits per heavy atom. The van der Waals surface area contributed by atoms with Crippen LogP contribution >= 0.6 is 0 Å². The van der Waals surface area contributed by atoms with Crippen LogP contribution in [0.4, 0.5) is 4.79 Å². The van der Waals surface area contributed by atoms with E-state index in [0.29, 0.717) is 0 Å². The van der Waals surface area contributed by atoms with Crippen LogP contribution in [0.1, 0.15) is 0 Å². The van der Waals surface area contributed by atoms with Crippen LogP contribution in [0.25, 0.3) is 0 Å². The molecule has 5 atom stereocenters. The number of nitrogens with two attached hydrogens (primary N) is 1. The third-order valence-electron chi connectivity index (χ3n) is 2.74. The summed E-state index contributed by atoms with van der Waals surface area (Å²) in [5.41, 5.74) is 5.38. The lowest BCUT2D eigenvalue weighted by molar-refractivity contribution is -0.196. The number of hydrogen-bond donors (Lipinski definition) is 4. The smallest absolute Gasteiger partial charge is 0.407 e. The molecule has 2 saturated heterocycles. The number of aliphatic hydroxyl groups is 2. The summed E-state index contributed by atoms with van der Waals surface area (Å²) >= 11 is 0. The van der Waals surface area contributed by atoms with Crippen molar-refractivity contribution in [2.75, 3.05) is 13.2 Å². The summed E-state index contributed by atoms with van der Waals surface area (Å²) in [5.74, 6) is 0. The zero-order valence-corrected chi connectivity index (χ0v) is 8.00. The maximum absolute atomic E-state index is 10.9. The highest BCUT2D eigenvalue weighted by atomic mass is 16.6. The molecule has 0 aliphatic carbocycles. The second-order valence-electron chi connectivity index (χ2n) is 3.70.